The Bertz CT molecular complexity index is 786. The largest absolute Gasteiger partial charge is 0.455 e. The number of benzene rings is 1. The van der Waals surface area contributed by atoms with Crippen molar-refractivity contribution in [3.63, 3.8) is 0 Å². The lowest BCUT2D eigenvalue weighted by Gasteiger charge is -2.06. The summed E-state index contributed by atoms with van der Waals surface area (Å²) in [7, 11) is 0. The molecule has 0 bridgehead atoms. The number of aromatic nitrogens is 1. The van der Waals surface area contributed by atoms with Gasteiger partial charge in [-0.2, -0.15) is 0 Å². The lowest BCUT2D eigenvalue weighted by molar-refractivity contribution is 0.251. The fraction of sp³-hybridized carbons (Fsp3) is 0.133. The van der Waals surface area contributed by atoms with Gasteiger partial charge in [0.05, 0.1) is 0 Å². The number of nitrogens with zero attached hydrogens (tertiary/aromatic N) is 1. The summed E-state index contributed by atoms with van der Waals surface area (Å²) in [5.41, 5.74) is 1.10. The van der Waals surface area contributed by atoms with Crippen LogP contribution >= 0.6 is 0 Å². The number of fused-ring (bicyclic) bond motifs is 1. The molecule has 0 saturated carbocycles. The van der Waals surface area contributed by atoms with Crippen LogP contribution in [-0.2, 0) is 13.2 Å². The number of anilines is 1. The second kappa shape index (κ2) is 5.49. The maximum absolute atomic E-state index is 13.1. The summed E-state index contributed by atoms with van der Waals surface area (Å²) < 4.78 is 31.5. The molecule has 0 aliphatic heterocycles. The van der Waals surface area contributed by atoms with Crippen molar-refractivity contribution in [1.29, 1.82) is 0 Å². The van der Waals surface area contributed by atoms with Crippen LogP contribution in [0.3, 0.4) is 0 Å². The zero-order chi connectivity index (χ0) is 14.8. The minimum atomic E-state index is -0.888. The monoisotopic (exact) mass is 290 g/mol. The van der Waals surface area contributed by atoms with Crippen LogP contribution < -0.4 is 5.32 Å². The van der Waals surface area contributed by atoms with Crippen molar-refractivity contribution in [2.45, 2.75) is 13.2 Å². The van der Waals surface area contributed by atoms with Crippen LogP contribution in [0, 0.1) is 11.6 Å². The van der Waals surface area contributed by atoms with Crippen molar-refractivity contribution in [2.75, 3.05) is 5.32 Å². The molecule has 0 saturated heterocycles. The molecule has 2 aromatic heterocycles. The summed E-state index contributed by atoms with van der Waals surface area (Å²) in [6.07, 6.45) is 1.60. The summed E-state index contributed by atoms with van der Waals surface area (Å²) in [6, 6.07) is 7.19. The van der Waals surface area contributed by atoms with Gasteiger partial charge in [-0.15, -0.1) is 0 Å². The van der Waals surface area contributed by atoms with E-state index in [4.69, 9.17) is 9.52 Å². The van der Waals surface area contributed by atoms with E-state index < -0.39 is 11.6 Å². The third kappa shape index (κ3) is 2.71. The predicted octanol–water partition coefficient (Wildman–Crippen LogP) is 3.21. The van der Waals surface area contributed by atoms with E-state index in [2.05, 4.69) is 10.3 Å². The van der Waals surface area contributed by atoms with Gasteiger partial charge >= 0.3 is 0 Å². The number of halogens is 2. The molecule has 2 N–H and O–H groups in total. The Morgan fingerprint density at radius 3 is 2.76 bits per heavy atom. The van der Waals surface area contributed by atoms with E-state index in [1.165, 1.54) is 6.07 Å². The Morgan fingerprint density at radius 2 is 2.00 bits per heavy atom. The summed E-state index contributed by atoms with van der Waals surface area (Å²) in [5.74, 6) is -0.843. The summed E-state index contributed by atoms with van der Waals surface area (Å²) in [4.78, 5) is 4.16. The zero-order valence-corrected chi connectivity index (χ0v) is 10.9. The smallest absolute Gasteiger partial charge is 0.176 e. The van der Waals surface area contributed by atoms with E-state index >= 15 is 0 Å². The number of hydrogen-bond donors (Lipinski definition) is 2. The Balaban J connectivity index is 1.84. The fourth-order valence-electron chi connectivity index (χ4n) is 2.06. The van der Waals surface area contributed by atoms with Gasteiger partial charge in [-0.3, -0.25) is 0 Å². The van der Waals surface area contributed by atoms with Crippen LogP contribution in [0.4, 0.5) is 14.6 Å². The zero-order valence-electron chi connectivity index (χ0n) is 10.9. The molecule has 0 amide bonds. The summed E-state index contributed by atoms with van der Waals surface area (Å²) >= 11 is 0. The van der Waals surface area contributed by atoms with Crippen LogP contribution in [0.5, 0.6) is 0 Å². The second-order valence-corrected chi connectivity index (χ2v) is 4.55. The van der Waals surface area contributed by atoms with E-state index in [0.29, 0.717) is 22.7 Å². The standard InChI is InChI=1S/C15H12F2N2O2/c16-12-2-1-9(5-13(12)17)7-19-15-14-10(3-4-18-15)6-11(8-20)21-14/h1-6,20H,7-8H2,(H,18,19). The highest BCUT2D eigenvalue weighted by atomic mass is 19.2. The molecule has 108 valence electrons. The van der Waals surface area contributed by atoms with Crippen LogP contribution in [0.2, 0.25) is 0 Å². The molecule has 0 spiro atoms. The molecule has 21 heavy (non-hydrogen) atoms. The molecule has 0 unspecified atom stereocenters. The molecule has 0 aliphatic carbocycles. The van der Waals surface area contributed by atoms with Crippen molar-refractivity contribution < 1.29 is 18.3 Å². The molecule has 6 heteroatoms. The Hall–Kier alpha value is -2.47. The van der Waals surface area contributed by atoms with Crippen molar-refractivity contribution >= 4 is 16.8 Å². The molecule has 0 radical (unpaired) electrons. The van der Waals surface area contributed by atoms with Gasteiger partial charge in [-0.1, -0.05) is 6.07 Å². The van der Waals surface area contributed by atoms with E-state index in [9.17, 15) is 8.78 Å². The second-order valence-electron chi connectivity index (χ2n) is 4.55. The van der Waals surface area contributed by atoms with Gasteiger partial charge in [0.1, 0.15) is 12.4 Å². The molecule has 1 aromatic carbocycles. The lowest BCUT2D eigenvalue weighted by Crippen LogP contribution is -2.02. The lowest BCUT2D eigenvalue weighted by atomic mass is 10.2. The van der Waals surface area contributed by atoms with Gasteiger partial charge in [0.15, 0.2) is 23.0 Å². The number of pyridine rings is 1. The minimum Gasteiger partial charge on any atom is -0.455 e. The number of rotatable bonds is 4. The number of aliphatic hydroxyl groups excluding tert-OH is 1. The highest BCUT2D eigenvalue weighted by molar-refractivity contribution is 5.87. The van der Waals surface area contributed by atoms with Gasteiger partial charge < -0.3 is 14.8 Å². The van der Waals surface area contributed by atoms with Crippen molar-refractivity contribution in [2.24, 2.45) is 0 Å². The molecule has 4 nitrogen and oxygen atoms in total. The van der Waals surface area contributed by atoms with E-state index in [1.807, 2.05) is 0 Å². The predicted molar refractivity (Wildman–Crippen MR) is 73.6 cm³/mol. The topological polar surface area (TPSA) is 58.3 Å². The highest BCUT2D eigenvalue weighted by Gasteiger charge is 2.09. The number of nitrogens with one attached hydrogen (secondary N) is 1. The van der Waals surface area contributed by atoms with Crippen LogP contribution in [-0.4, -0.2) is 10.1 Å². The third-order valence-electron chi connectivity index (χ3n) is 3.08. The Morgan fingerprint density at radius 1 is 1.14 bits per heavy atom. The first-order valence-electron chi connectivity index (χ1n) is 6.33. The molecule has 0 atom stereocenters. The molecular formula is C15H12F2N2O2. The number of aliphatic hydroxyl groups is 1. The maximum Gasteiger partial charge on any atom is 0.176 e. The van der Waals surface area contributed by atoms with Crippen LogP contribution in [0.1, 0.15) is 11.3 Å². The SMILES string of the molecule is OCc1cc2ccnc(NCc3ccc(F)c(F)c3)c2o1. The van der Waals surface area contributed by atoms with E-state index in [1.54, 1.807) is 18.3 Å². The van der Waals surface area contributed by atoms with E-state index in [0.717, 1.165) is 17.5 Å². The maximum atomic E-state index is 13.1. The Kier molecular flexibility index (Phi) is 3.53. The average Bonchev–Trinajstić information content (AvgIpc) is 2.92. The van der Waals surface area contributed by atoms with Crippen molar-refractivity contribution in [1.82, 2.24) is 4.98 Å². The normalized spacial score (nSPS) is 11.0. The first-order chi connectivity index (χ1) is 10.2. The highest BCUT2D eigenvalue weighted by Crippen LogP contribution is 2.25. The molecule has 3 rings (SSSR count). The first-order valence-corrected chi connectivity index (χ1v) is 6.33. The van der Waals surface area contributed by atoms with Gasteiger partial charge in [-0.05, 0) is 29.8 Å². The van der Waals surface area contributed by atoms with Gasteiger partial charge in [-0.25, -0.2) is 13.8 Å². The van der Waals surface area contributed by atoms with Gasteiger partial charge in [0, 0.05) is 18.1 Å². The number of furan rings is 1. The first kappa shape index (κ1) is 13.5. The fourth-order valence-corrected chi connectivity index (χ4v) is 2.06. The van der Waals surface area contributed by atoms with Crippen LogP contribution in [0.15, 0.2) is 40.9 Å². The Labute approximate surface area is 119 Å². The summed E-state index contributed by atoms with van der Waals surface area (Å²) in [5, 5.41) is 12.9. The molecule has 2 heterocycles. The van der Waals surface area contributed by atoms with Crippen molar-refractivity contribution in [3.8, 4) is 0 Å². The quantitative estimate of drug-likeness (QED) is 0.774. The minimum absolute atomic E-state index is 0.197. The average molecular weight is 290 g/mol. The van der Waals surface area contributed by atoms with Crippen molar-refractivity contribution in [3.05, 3.63) is 59.5 Å². The van der Waals surface area contributed by atoms with Gasteiger partial charge in [0.25, 0.3) is 0 Å². The molecular weight excluding hydrogens is 278 g/mol. The van der Waals surface area contributed by atoms with Crippen LogP contribution in [0.25, 0.3) is 11.0 Å². The third-order valence-corrected chi connectivity index (χ3v) is 3.08. The van der Waals surface area contributed by atoms with E-state index in [-0.39, 0.29) is 13.2 Å². The van der Waals surface area contributed by atoms with Gasteiger partial charge in [0.2, 0.25) is 0 Å². The molecule has 3 aromatic rings. The summed E-state index contributed by atoms with van der Waals surface area (Å²) in [6.45, 7) is 0.0791. The molecule has 0 fully saturated rings. The molecule has 0 aliphatic rings. The number of hydrogen-bond acceptors (Lipinski definition) is 4.